The average Bonchev–Trinajstić information content (AvgIpc) is 3.17. The van der Waals surface area contributed by atoms with Gasteiger partial charge in [0.25, 0.3) is 0 Å². The fourth-order valence-electron chi connectivity index (χ4n) is 5.43. The highest BCUT2D eigenvalue weighted by Crippen LogP contribution is 2.44. The van der Waals surface area contributed by atoms with Crippen molar-refractivity contribution in [2.24, 2.45) is 5.92 Å². The van der Waals surface area contributed by atoms with E-state index in [1.807, 2.05) is 29.2 Å². The topological polar surface area (TPSA) is 105 Å². The van der Waals surface area contributed by atoms with E-state index in [1.165, 1.54) is 22.3 Å². The van der Waals surface area contributed by atoms with E-state index >= 15 is 0 Å². The third kappa shape index (κ3) is 5.03. The summed E-state index contributed by atoms with van der Waals surface area (Å²) in [4.78, 5) is 37.7. The molecule has 3 aliphatic rings. The lowest BCUT2D eigenvalue weighted by molar-refractivity contribution is -0.148. The Labute approximate surface area is 204 Å². The number of carbonyl (C=O) groups is 3. The van der Waals surface area contributed by atoms with Gasteiger partial charge in [-0.2, -0.15) is 0 Å². The number of carboxylic acid groups (broad SMARTS) is 1. The molecule has 8 heteroatoms. The minimum absolute atomic E-state index is 0.0197. The molecule has 8 nitrogen and oxygen atoms in total. The summed E-state index contributed by atoms with van der Waals surface area (Å²) in [6.07, 6.45) is 1.95. The number of benzene rings is 2. The molecule has 2 amide bonds. The van der Waals surface area contributed by atoms with Crippen LogP contribution in [0.2, 0.25) is 0 Å². The third-order valence-corrected chi connectivity index (χ3v) is 7.35. The van der Waals surface area contributed by atoms with Crippen molar-refractivity contribution in [2.45, 2.75) is 43.7 Å². The van der Waals surface area contributed by atoms with Crippen molar-refractivity contribution >= 4 is 18.0 Å². The Kier molecular flexibility index (Phi) is 6.72. The van der Waals surface area contributed by atoms with E-state index in [9.17, 15) is 14.4 Å². The van der Waals surface area contributed by atoms with Gasteiger partial charge >= 0.3 is 12.1 Å². The fraction of sp³-hybridized carbons (Fsp3) is 0.444. The number of hydrogen-bond acceptors (Lipinski definition) is 5. The molecule has 184 valence electrons. The maximum atomic E-state index is 12.8. The molecule has 0 aromatic heterocycles. The number of fused-ring (bicyclic) bond motifs is 3. The zero-order valence-corrected chi connectivity index (χ0v) is 19.5. The van der Waals surface area contributed by atoms with Gasteiger partial charge in [0, 0.05) is 31.0 Å². The predicted octanol–water partition coefficient (Wildman–Crippen LogP) is 3.40. The molecule has 0 unspecified atom stereocenters. The first-order chi connectivity index (χ1) is 17.0. The van der Waals surface area contributed by atoms with E-state index in [-0.39, 0.29) is 43.1 Å². The van der Waals surface area contributed by atoms with Crippen LogP contribution in [0.5, 0.6) is 0 Å². The van der Waals surface area contributed by atoms with Crippen molar-refractivity contribution in [3.8, 4) is 11.1 Å². The molecule has 0 atom stereocenters. The zero-order chi connectivity index (χ0) is 24.4. The Balaban J connectivity index is 1.05. The number of likely N-dealkylation sites (tertiary alicyclic amines) is 1. The van der Waals surface area contributed by atoms with E-state index < -0.39 is 12.1 Å². The van der Waals surface area contributed by atoms with E-state index in [0.717, 1.165) is 0 Å². The molecule has 0 bridgehead atoms. The summed E-state index contributed by atoms with van der Waals surface area (Å²) >= 11 is 0. The quantitative estimate of drug-likeness (QED) is 0.632. The molecule has 2 fully saturated rings. The van der Waals surface area contributed by atoms with Crippen LogP contribution in [-0.4, -0.2) is 66.4 Å². The number of aliphatic carboxylic acids is 1. The summed E-state index contributed by atoms with van der Waals surface area (Å²) in [5.41, 5.74) is 4.73. The molecular weight excluding hydrogens is 448 g/mol. The molecule has 1 heterocycles. The summed E-state index contributed by atoms with van der Waals surface area (Å²) < 4.78 is 10.9. The largest absolute Gasteiger partial charge is 0.480 e. The number of piperidine rings is 1. The van der Waals surface area contributed by atoms with Crippen LogP contribution in [-0.2, 0) is 19.1 Å². The van der Waals surface area contributed by atoms with E-state index in [0.29, 0.717) is 38.8 Å². The van der Waals surface area contributed by atoms with Crippen molar-refractivity contribution in [2.75, 3.05) is 26.3 Å². The summed E-state index contributed by atoms with van der Waals surface area (Å²) in [6.45, 7) is 1.12. The van der Waals surface area contributed by atoms with Gasteiger partial charge in [-0.3, -0.25) is 4.79 Å². The van der Waals surface area contributed by atoms with Crippen molar-refractivity contribution in [1.29, 1.82) is 0 Å². The normalized spacial score (nSPS) is 21.5. The number of hydrogen-bond donors (Lipinski definition) is 2. The Bertz CT molecular complexity index is 1060. The molecule has 1 saturated carbocycles. The smallest absolute Gasteiger partial charge is 0.407 e. The van der Waals surface area contributed by atoms with E-state index in [2.05, 4.69) is 29.6 Å². The molecule has 0 radical (unpaired) electrons. The lowest BCUT2D eigenvalue weighted by Crippen LogP contribution is -2.52. The van der Waals surface area contributed by atoms with Crippen LogP contribution < -0.4 is 5.32 Å². The minimum atomic E-state index is -0.979. The van der Waals surface area contributed by atoms with Gasteiger partial charge in [0.05, 0.1) is 6.10 Å². The zero-order valence-electron chi connectivity index (χ0n) is 19.5. The first-order valence-corrected chi connectivity index (χ1v) is 12.2. The number of alkyl carbamates (subject to hydrolysis) is 1. The second kappa shape index (κ2) is 10.1. The van der Waals surface area contributed by atoms with Gasteiger partial charge in [-0.25, -0.2) is 9.59 Å². The third-order valence-electron chi connectivity index (χ3n) is 7.35. The second-order valence-electron chi connectivity index (χ2n) is 9.56. The van der Waals surface area contributed by atoms with Crippen LogP contribution >= 0.6 is 0 Å². The SMILES string of the molecule is O=C(O)COC1CCN(C(=O)C2CC(NC(=O)OCC3c4ccccc4-c4ccccc43)C2)CC1. The second-order valence-corrected chi connectivity index (χ2v) is 9.56. The minimum Gasteiger partial charge on any atom is -0.480 e. The molecule has 0 spiro atoms. The standard InChI is InChI=1S/C27H30N2O6/c30-25(31)16-34-19-9-11-29(12-10-19)26(32)17-13-18(14-17)28-27(33)35-15-24-22-7-3-1-5-20(22)21-6-2-4-8-23(21)24/h1-8,17-19,24H,9-16H2,(H,28,33)(H,30,31). The number of nitrogens with zero attached hydrogens (tertiary/aromatic N) is 1. The van der Waals surface area contributed by atoms with Crippen molar-refractivity contribution < 1.29 is 29.0 Å². The highest BCUT2D eigenvalue weighted by atomic mass is 16.5. The maximum absolute atomic E-state index is 12.8. The van der Waals surface area contributed by atoms with Crippen LogP contribution in [0.3, 0.4) is 0 Å². The van der Waals surface area contributed by atoms with Crippen molar-refractivity contribution in [3.63, 3.8) is 0 Å². The number of carbonyl (C=O) groups excluding carboxylic acids is 2. The summed E-state index contributed by atoms with van der Waals surface area (Å²) in [5.74, 6) is -0.947. The highest BCUT2D eigenvalue weighted by molar-refractivity contribution is 5.81. The lowest BCUT2D eigenvalue weighted by Gasteiger charge is -2.40. The monoisotopic (exact) mass is 478 g/mol. The molecule has 1 saturated heterocycles. The van der Waals surface area contributed by atoms with Gasteiger partial charge in [-0.05, 0) is 47.9 Å². The van der Waals surface area contributed by atoms with Gasteiger partial charge in [0.15, 0.2) is 0 Å². The van der Waals surface area contributed by atoms with Crippen LogP contribution in [0.15, 0.2) is 48.5 Å². The number of carboxylic acids is 1. The summed E-state index contributed by atoms with van der Waals surface area (Å²) in [7, 11) is 0. The van der Waals surface area contributed by atoms with Crippen LogP contribution in [0.1, 0.15) is 42.7 Å². The molecule has 1 aliphatic heterocycles. The highest BCUT2D eigenvalue weighted by Gasteiger charge is 2.39. The molecule has 35 heavy (non-hydrogen) atoms. The van der Waals surface area contributed by atoms with Gasteiger partial charge in [-0.15, -0.1) is 0 Å². The first kappa shape index (κ1) is 23.4. The van der Waals surface area contributed by atoms with E-state index in [1.54, 1.807) is 0 Å². The molecule has 2 aromatic carbocycles. The Morgan fingerprint density at radius 2 is 1.54 bits per heavy atom. The van der Waals surface area contributed by atoms with Gasteiger partial charge in [0.2, 0.25) is 5.91 Å². The number of rotatable bonds is 7. The molecule has 2 aliphatic carbocycles. The fourth-order valence-corrected chi connectivity index (χ4v) is 5.43. The molecular formula is C27H30N2O6. The molecule has 5 rings (SSSR count). The van der Waals surface area contributed by atoms with Gasteiger partial charge in [0.1, 0.15) is 13.2 Å². The van der Waals surface area contributed by atoms with E-state index in [4.69, 9.17) is 14.6 Å². The first-order valence-electron chi connectivity index (χ1n) is 12.2. The summed E-state index contributed by atoms with van der Waals surface area (Å²) in [5, 5.41) is 11.6. The van der Waals surface area contributed by atoms with Crippen molar-refractivity contribution in [1.82, 2.24) is 10.2 Å². The Hall–Kier alpha value is -3.39. The number of amides is 2. The Morgan fingerprint density at radius 3 is 2.14 bits per heavy atom. The average molecular weight is 479 g/mol. The predicted molar refractivity (Wildman–Crippen MR) is 128 cm³/mol. The van der Waals surface area contributed by atoms with Gasteiger partial charge in [-0.1, -0.05) is 48.5 Å². The molecule has 2 aromatic rings. The maximum Gasteiger partial charge on any atom is 0.407 e. The van der Waals surface area contributed by atoms with Crippen molar-refractivity contribution in [3.05, 3.63) is 59.7 Å². The van der Waals surface area contributed by atoms with Gasteiger partial charge < -0.3 is 24.8 Å². The van der Waals surface area contributed by atoms with Crippen LogP contribution in [0.4, 0.5) is 4.79 Å². The number of nitrogens with one attached hydrogen (secondary N) is 1. The lowest BCUT2D eigenvalue weighted by atomic mass is 9.79. The molecule has 2 N–H and O–H groups in total. The Morgan fingerprint density at radius 1 is 0.943 bits per heavy atom. The van der Waals surface area contributed by atoms with Crippen LogP contribution in [0, 0.1) is 5.92 Å². The number of ether oxygens (including phenoxy) is 2. The summed E-state index contributed by atoms with van der Waals surface area (Å²) in [6, 6.07) is 16.4. The van der Waals surface area contributed by atoms with Crippen LogP contribution in [0.25, 0.3) is 11.1 Å².